The molecule has 0 aromatic heterocycles. The lowest BCUT2D eigenvalue weighted by molar-refractivity contribution is 0.259. The van der Waals surface area contributed by atoms with Crippen LogP contribution in [0.15, 0.2) is 18.2 Å². The highest BCUT2D eigenvalue weighted by Crippen LogP contribution is 2.38. The quantitative estimate of drug-likeness (QED) is 0.924. The Morgan fingerprint density at radius 2 is 2.05 bits per heavy atom. The van der Waals surface area contributed by atoms with E-state index in [0.717, 1.165) is 30.5 Å². The lowest BCUT2D eigenvalue weighted by atomic mass is 9.78. The van der Waals surface area contributed by atoms with E-state index < -0.39 is 0 Å². The van der Waals surface area contributed by atoms with Gasteiger partial charge in [-0.1, -0.05) is 18.6 Å². The van der Waals surface area contributed by atoms with Crippen molar-refractivity contribution in [3.05, 3.63) is 23.8 Å². The topological polar surface area (TPSA) is 47.7 Å². The number of fused-ring (bicyclic) bond motifs is 1. The number of hydrogen-bond acceptors (Lipinski definition) is 4. The number of nitrogens with two attached hydrogens (primary N) is 1. The third-order valence-electron chi connectivity index (χ3n) is 5.11. The second-order valence-electron chi connectivity index (χ2n) is 6.37. The van der Waals surface area contributed by atoms with Crippen LogP contribution in [0.5, 0.6) is 11.5 Å². The van der Waals surface area contributed by atoms with Crippen molar-refractivity contribution in [1.29, 1.82) is 0 Å². The van der Waals surface area contributed by atoms with Gasteiger partial charge in [0.2, 0.25) is 0 Å². The first-order valence-electron chi connectivity index (χ1n) is 7.90. The van der Waals surface area contributed by atoms with Gasteiger partial charge >= 0.3 is 0 Å². The highest BCUT2D eigenvalue weighted by molar-refractivity contribution is 5.46. The predicted molar refractivity (Wildman–Crippen MR) is 83.6 cm³/mol. The van der Waals surface area contributed by atoms with Gasteiger partial charge in [0.05, 0.1) is 14.2 Å². The summed E-state index contributed by atoms with van der Waals surface area (Å²) in [4.78, 5) is 2.53. The second kappa shape index (κ2) is 6.24. The molecule has 1 aliphatic heterocycles. The Morgan fingerprint density at radius 3 is 2.76 bits per heavy atom. The minimum absolute atomic E-state index is 0.390. The number of nitrogens with zero attached hydrogens (tertiary/aromatic N) is 1. The number of rotatable bonds is 4. The van der Waals surface area contributed by atoms with E-state index in [1.54, 1.807) is 14.2 Å². The van der Waals surface area contributed by atoms with Crippen molar-refractivity contribution in [3.8, 4) is 11.5 Å². The molecule has 4 nitrogen and oxygen atoms in total. The molecule has 21 heavy (non-hydrogen) atoms. The molecule has 2 fully saturated rings. The summed E-state index contributed by atoms with van der Waals surface area (Å²) in [5.74, 6) is 3.13. The molecule has 3 rings (SSSR count). The van der Waals surface area contributed by atoms with Gasteiger partial charge in [0, 0.05) is 31.2 Å². The zero-order valence-corrected chi connectivity index (χ0v) is 13.0. The zero-order valence-electron chi connectivity index (χ0n) is 13.0. The minimum Gasteiger partial charge on any atom is -0.493 e. The zero-order chi connectivity index (χ0) is 14.8. The highest BCUT2D eigenvalue weighted by Gasteiger charge is 2.38. The van der Waals surface area contributed by atoms with E-state index in [-0.39, 0.29) is 0 Å². The molecule has 1 heterocycles. The van der Waals surface area contributed by atoms with Gasteiger partial charge in [0.15, 0.2) is 11.5 Å². The third-order valence-corrected chi connectivity index (χ3v) is 5.11. The van der Waals surface area contributed by atoms with E-state index in [4.69, 9.17) is 15.2 Å². The van der Waals surface area contributed by atoms with Gasteiger partial charge in [-0.15, -0.1) is 0 Å². The van der Waals surface area contributed by atoms with E-state index in [1.165, 1.54) is 31.4 Å². The maximum Gasteiger partial charge on any atom is 0.165 e. The fourth-order valence-corrected chi connectivity index (χ4v) is 4.06. The van der Waals surface area contributed by atoms with Crippen molar-refractivity contribution >= 4 is 0 Å². The van der Waals surface area contributed by atoms with Gasteiger partial charge in [0.1, 0.15) is 0 Å². The van der Waals surface area contributed by atoms with Crippen molar-refractivity contribution < 1.29 is 9.47 Å². The summed E-state index contributed by atoms with van der Waals surface area (Å²) in [6.45, 7) is 3.20. The summed E-state index contributed by atoms with van der Waals surface area (Å²) >= 11 is 0. The first-order chi connectivity index (χ1) is 10.2. The number of hydrogen-bond donors (Lipinski definition) is 1. The van der Waals surface area contributed by atoms with Crippen LogP contribution in [-0.2, 0) is 6.54 Å². The maximum absolute atomic E-state index is 6.31. The lowest BCUT2D eigenvalue weighted by Gasteiger charge is -2.29. The first kappa shape index (κ1) is 14.7. The van der Waals surface area contributed by atoms with Crippen LogP contribution in [0.1, 0.15) is 24.8 Å². The van der Waals surface area contributed by atoms with Gasteiger partial charge in [-0.3, -0.25) is 4.90 Å². The Balaban J connectivity index is 1.73. The summed E-state index contributed by atoms with van der Waals surface area (Å²) in [7, 11) is 3.39. The van der Waals surface area contributed by atoms with Crippen LogP contribution < -0.4 is 15.2 Å². The van der Waals surface area contributed by atoms with Crippen LogP contribution in [-0.4, -0.2) is 38.3 Å². The van der Waals surface area contributed by atoms with Crippen molar-refractivity contribution in [2.24, 2.45) is 17.6 Å². The fraction of sp³-hybridized carbons (Fsp3) is 0.647. The van der Waals surface area contributed by atoms with Crippen LogP contribution >= 0.6 is 0 Å². The number of para-hydroxylation sites is 1. The molecule has 1 aromatic rings. The largest absolute Gasteiger partial charge is 0.493 e. The molecule has 0 radical (unpaired) electrons. The van der Waals surface area contributed by atoms with E-state index in [1.807, 2.05) is 12.1 Å². The normalized spacial score (nSPS) is 29.2. The van der Waals surface area contributed by atoms with Crippen LogP contribution in [0.4, 0.5) is 0 Å². The molecule has 0 spiro atoms. The van der Waals surface area contributed by atoms with Crippen molar-refractivity contribution in [2.75, 3.05) is 27.3 Å². The number of benzene rings is 1. The number of ether oxygens (including phenoxy) is 2. The molecule has 2 N–H and O–H groups in total. The van der Waals surface area contributed by atoms with Crippen LogP contribution in [0.3, 0.4) is 0 Å². The Kier molecular flexibility index (Phi) is 4.36. The SMILES string of the molecule is COc1cccc(CN2CC3CCCC(N)C3C2)c1OC. The van der Waals surface area contributed by atoms with Gasteiger partial charge in [0.25, 0.3) is 0 Å². The van der Waals surface area contributed by atoms with E-state index in [9.17, 15) is 0 Å². The Labute approximate surface area is 127 Å². The van der Waals surface area contributed by atoms with Gasteiger partial charge in [-0.2, -0.15) is 0 Å². The van der Waals surface area contributed by atoms with Gasteiger partial charge < -0.3 is 15.2 Å². The molecule has 2 aliphatic rings. The molecule has 1 aromatic carbocycles. The van der Waals surface area contributed by atoms with Crippen molar-refractivity contribution in [1.82, 2.24) is 4.90 Å². The molecule has 0 bridgehead atoms. The predicted octanol–water partition coefficient (Wildman–Crippen LogP) is 2.26. The van der Waals surface area contributed by atoms with Gasteiger partial charge in [-0.25, -0.2) is 0 Å². The molecule has 1 saturated carbocycles. The molecular weight excluding hydrogens is 264 g/mol. The number of likely N-dealkylation sites (tertiary alicyclic amines) is 1. The summed E-state index contributed by atoms with van der Waals surface area (Å²) in [5, 5.41) is 0. The molecule has 116 valence electrons. The van der Waals surface area contributed by atoms with E-state index in [0.29, 0.717) is 12.0 Å². The fourth-order valence-electron chi connectivity index (χ4n) is 4.06. The standard InChI is InChI=1S/C17H26N2O2/c1-20-16-8-4-6-13(17(16)21-2)10-19-9-12-5-3-7-15(18)14(12)11-19/h4,6,8,12,14-15H,3,5,7,9-11,18H2,1-2H3. The number of methoxy groups -OCH3 is 2. The summed E-state index contributed by atoms with van der Waals surface area (Å²) in [5.41, 5.74) is 7.50. The Hall–Kier alpha value is -1.26. The summed E-state index contributed by atoms with van der Waals surface area (Å²) < 4.78 is 10.9. The maximum atomic E-state index is 6.31. The smallest absolute Gasteiger partial charge is 0.165 e. The molecule has 1 saturated heterocycles. The molecule has 3 atom stereocenters. The van der Waals surface area contributed by atoms with Gasteiger partial charge in [-0.05, 0) is 30.7 Å². The lowest BCUT2D eigenvalue weighted by Crippen LogP contribution is -2.38. The second-order valence-corrected chi connectivity index (χ2v) is 6.37. The monoisotopic (exact) mass is 290 g/mol. The summed E-state index contributed by atoms with van der Waals surface area (Å²) in [6.07, 6.45) is 3.82. The minimum atomic E-state index is 0.390. The highest BCUT2D eigenvalue weighted by atomic mass is 16.5. The van der Waals surface area contributed by atoms with Crippen molar-refractivity contribution in [2.45, 2.75) is 31.8 Å². The molecular formula is C17H26N2O2. The van der Waals surface area contributed by atoms with Crippen molar-refractivity contribution in [3.63, 3.8) is 0 Å². The first-order valence-corrected chi connectivity index (χ1v) is 7.90. The Bertz CT molecular complexity index is 492. The average Bonchev–Trinajstić information content (AvgIpc) is 2.91. The Morgan fingerprint density at radius 1 is 1.19 bits per heavy atom. The van der Waals surface area contributed by atoms with E-state index in [2.05, 4.69) is 11.0 Å². The van der Waals surface area contributed by atoms with Crippen LogP contribution in [0.2, 0.25) is 0 Å². The molecule has 1 aliphatic carbocycles. The van der Waals surface area contributed by atoms with Crippen LogP contribution in [0.25, 0.3) is 0 Å². The molecule has 3 unspecified atom stereocenters. The third kappa shape index (κ3) is 2.87. The molecule has 0 amide bonds. The average molecular weight is 290 g/mol. The van der Waals surface area contributed by atoms with E-state index >= 15 is 0 Å². The molecule has 4 heteroatoms. The van der Waals surface area contributed by atoms with Crippen LogP contribution in [0, 0.1) is 11.8 Å². The summed E-state index contributed by atoms with van der Waals surface area (Å²) in [6, 6.07) is 6.50.